The van der Waals surface area contributed by atoms with E-state index in [-0.39, 0.29) is 11.3 Å². The van der Waals surface area contributed by atoms with E-state index >= 15 is 0 Å². The largest absolute Gasteiger partial charge is 0.496 e. The maximum absolute atomic E-state index is 12.1. The minimum Gasteiger partial charge on any atom is -0.496 e. The molecule has 0 aliphatic carbocycles. The first-order valence-corrected chi connectivity index (χ1v) is 7.46. The molecule has 1 aromatic rings. The Hall–Kier alpha value is -1.91. The van der Waals surface area contributed by atoms with Crippen molar-refractivity contribution in [3.05, 3.63) is 17.7 Å². The summed E-state index contributed by atoms with van der Waals surface area (Å²) in [4.78, 5) is 12.1. The number of hydrogen-bond acceptors (Lipinski definition) is 4. The number of benzene rings is 1. The van der Waals surface area contributed by atoms with Gasteiger partial charge in [0.05, 0.1) is 21.3 Å². The van der Waals surface area contributed by atoms with E-state index in [2.05, 4.69) is 5.32 Å². The molecule has 1 aromatic carbocycles. The fraction of sp³-hybridized carbons (Fsp3) is 0.588. The molecule has 1 amide bonds. The first-order chi connectivity index (χ1) is 10.4. The lowest BCUT2D eigenvalue weighted by Crippen LogP contribution is -2.37. The van der Waals surface area contributed by atoms with Gasteiger partial charge in [0.1, 0.15) is 17.2 Å². The molecule has 0 aromatic heterocycles. The summed E-state index contributed by atoms with van der Waals surface area (Å²) in [6.45, 7) is 6.42. The summed E-state index contributed by atoms with van der Waals surface area (Å²) in [6, 6.07) is 3.63. The molecule has 22 heavy (non-hydrogen) atoms. The Balaban J connectivity index is 2.83. The van der Waals surface area contributed by atoms with Crippen molar-refractivity contribution in [1.29, 1.82) is 0 Å². The number of ether oxygens (including phenoxy) is 3. The van der Waals surface area contributed by atoms with Gasteiger partial charge >= 0.3 is 0 Å². The van der Waals surface area contributed by atoms with Gasteiger partial charge in [-0.25, -0.2) is 0 Å². The van der Waals surface area contributed by atoms with Crippen LogP contribution < -0.4 is 19.5 Å². The minimum atomic E-state index is -0.353. The zero-order valence-electron chi connectivity index (χ0n) is 14.4. The topological polar surface area (TPSA) is 56.8 Å². The van der Waals surface area contributed by atoms with Crippen LogP contribution >= 0.6 is 0 Å². The second-order valence-electron chi connectivity index (χ2n) is 5.75. The fourth-order valence-electron chi connectivity index (χ4n) is 2.03. The maximum atomic E-state index is 12.1. The van der Waals surface area contributed by atoms with Crippen LogP contribution in [0.15, 0.2) is 12.1 Å². The van der Waals surface area contributed by atoms with Crippen LogP contribution in [0.3, 0.4) is 0 Å². The lowest BCUT2D eigenvalue weighted by atomic mass is 9.89. The van der Waals surface area contributed by atoms with Gasteiger partial charge in [-0.2, -0.15) is 0 Å². The Kier molecular flexibility index (Phi) is 6.53. The molecule has 1 rings (SSSR count). The summed E-state index contributed by atoms with van der Waals surface area (Å²) >= 11 is 0. The SMILES string of the molecule is CCC(C)(C)C(=O)NCCc1c(OC)cc(OC)cc1OC. The highest BCUT2D eigenvalue weighted by atomic mass is 16.5. The van der Waals surface area contributed by atoms with Crippen molar-refractivity contribution >= 4 is 5.91 Å². The number of nitrogens with one attached hydrogen (secondary N) is 1. The summed E-state index contributed by atoms with van der Waals surface area (Å²) in [5.41, 5.74) is 0.564. The normalized spacial score (nSPS) is 11.0. The van der Waals surface area contributed by atoms with Crippen LogP contribution in [-0.4, -0.2) is 33.8 Å². The smallest absolute Gasteiger partial charge is 0.225 e. The molecule has 0 saturated carbocycles. The number of carbonyl (C=O) groups is 1. The van der Waals surface area contributed by atoms with Crippen molar-refractivity contribution in [3.8, 4) is 17.2 Å². The van der Waals surface area contributed by atoms with E-state index in [1.165, 1.54) is 0 Å². The molecule has 0 spiro atoms. The highest BCUT2D eigenvalue weighted by Crippen LogP contribution is 2.34. The highest BCUT2D eigenvalue weighted by molar-refractivity contribution is 5.81. The van der Waals surface area contributed by atoms with E-state index in [1.54, 1.807) is 21.3 Å². The standard InChI is InChI=1S/C17H27NO4/c1-7-17(2,3)16(19)18-9-8-13-14(21-5)10-12(20-4)11-15(13)22-6/h10-11H,7-9H2,1-6H3,(H,18,19). The lowest BCUT2D eigenvalue weighted by Gasteiger charge is -2.22. The first kappa shape index (κ1) is 18.1. The molecule has 5 nitrogen and oxygen atoms in total. The molecule has 0 heterocycles. The third-order valence-corrected chi connectivity index (χ3v) is 3.98. The van der Waals surface area contributed by atoms with Crippen molar-refractivity contribution < 1.29 is 19.0 Å². The van der Waals surface area contributed by atoms with Gasteiger partial charge in [0.25, 0.3) is 0 Å². The number of rotatable bonds is 8. The maximum Gasteiger partial charge on any atom is 0.225 e. The van der Waals surface area contributed by atoms with E-state index in [4.69, 9.17) is 14.2 Å². The van der Waals surface area contributed by atoms with Gasteiger partial charge in [-0.15, -0.1) is 0 Å². The minimum absolute atomic E-state index is 0.0569. The Morgan fingerprint density at radius 2 is 1.64 bits per heavy atom. The summed E-state index contributed by atoms with van der Waals surface area (Å²) in [6.07, 6.45) is 1.43. The number of methoxy groups -OCH3 is 3. The van der Waals surface area contributed by atoms with Gasteiger partial charge in [0, 0.05) is 29.7 Å². The molecule has 0 bridgehead atoms. The zero-order chi connectivity index (χ0) is 16.8. The average Bonchev–Trinajstić information content (AvgIpc) is 2.54. The van der Waals surface area contributed by atoms with E-state index in [9.17, 15) is 4.79 Å². The van der Waals surface area contributed by atoms with Crippen LogP contribution in [0, 0.1) is 5.41 Å². The molecule has 0 aliphatic rings. The van der Waals surface area contributed by atoms with E-state index in [1.807, 2.05) is 32.9 Å². The molecule has 1 N–H and O–H groups in total. The monoisotopic (exact) mass is 309 g/mol. The predicted molar refractivity (Wildman–Crippen MR) is 86.9 cm³/mol. The molecule has 0 unspecified atom stereocenters. The summed E-state index contributed by atoms with van der Waals surface area (Å²) in [5, 5.41) is 2.97. The third-order valence-electron chi connectivity index (χ3n) is 3.98. The van der Waals surface area contributed by atoms with Crippen molar-refractivity contribution in [2.75, 3.05) is 27.9 Å². The van der Waals surface area contributed by atoms with Crippen LogP contribution in [0.25, 0.3) is 0 Å². The zero-order valence-corrected chi connectivity index (χ0v) is 14.4. The van der Waals surface area contributed by atoms with Gasteiger partial charge < -0.3 is 19.5 Å². The number of carbonyl (C=O) groups excluding carboxylic acids is 1. The van der Waals surface area contributed by atoms with Gasteiger partial charge in [-0.1, -0.05) is 20.8 Å². The number of hydrogen-bond donors (Lipinski definition) is 1. The molecular weight excluding hydrogens is 282 g/mol. The Morgan fingerprint density at radius 3 is 2.05 bits per heavy atom. The van der Waals surface area contributed by atoms with Crippen LogP contribution in [0.4, 0.5) is 0 Å². The quantitative estimate of drug-likeness (QED) is 0.802. The number of amides is 1. The lowest BCUT2D eigenvalue weighted by molar-refractivity contribution is -0.129. The van der Waals surface area contributed by atoms with Gasteiger partial charge in [-0.3, -0.25) is 4.79 Å². The molecule has 0 atom stereocenters. The second kappa shape index (κ2) is 7.92. The van der Waals surface area contributed by atoms with Gasteiger partial charge in [0.15, 0.2) is 0 Å². The molecule has 0 fully saturated rings. The summed E-state index contributed by atoms with van der Waals surface area (Å²) in [5.74, 6) is 2.12. The summed E-state index contributed by atoms with van der Waals surface area (Å²) in [7, 11) is 4.81. The van der Waals surface area contributed by atoms with Crippen LogP contribution in [-0.2, 0) is 11.2 Å². The Labute approximate surface area is 132 Å². The Bertz CT molecular complexity index is 486. The third kappa shape index (κ3) is 4.29. The van der Waals surface area contributed by atoms with E-state index in [0.717, 1.165) is 12.0 Å². The molecule has 124 valence electrons. The van der Waals surface area contributed by atoms with Crippen LogP contribution in [0.5, 0.6) is 17.2 Å². The van der Waals surface area contributed by atoms with Crippen molar-refractivity contribution in [2.24, 2.45) is 5.41 Å². The van der Waals surface area contributed by atoms with Crippen molar-refractivity contribution in [1.82, 2.24) is 5.32 Å². The molecular formula is C17H27NO4. The fourth-order valence-corrected chi connectivity index (χ4v) is 2.03. The predicted octanol–water partition coefficient (Wildman–Crippen LogP) is 2.81. The Morgan fingerprint density at radius 1 is 1.09 bits per heavy atom. The molecule has 0 aliphatic heterocycles. The average molecular weight is 309 g/mol. The van der Waals surface area contributed by atoms with Crippen LogP contribution in [0.2, 0.25) is 0 Å². The van der Waals surface area contributed by atoms with Gasteiger partial charge in [0.2, 0.25) is 5.91 Å². The van der Waals surface area contributed by atoms with E-state index in [0.29, 0.717) is 30.2 Å². The van der Waals surface area contributed by atoms with E-state index < -0.39 is 0 Å². The first-order valence-electron chi connectivity index (χ1n) is 7.46. The van der Waals surface area contributed by atoms with Crippen LogP contribution in [0.1, 0.15) is 32.8 Å². The highest BCUT2D eigenvalue weighted by Gasteiger charge is 2.24. The van der Waals surface area contributed by atoms with Crippen molar-refractivity contribution in [2.45, 2.75) is 33.6 Å². The summed E-state index contributed by atoms with van der Waals surface area (Å²) < 4.78 is 16.0. The van der Waals surface area contributed by atoms with Gasteiger partial charge in [-0.05, 0) is 12.8 Å². The second-order valence-corrected chi connectivity index (χ2v) is 5.75. The molecule has 5 heteroatoms. The van der Waals surface area contributed by atoms with Crippen molar-refractivity contribution in [3.63, 3.8) is 0 Å². The molecule has 0 saturated heterocycles. The molecule has 0 radical (unpaired) electrons.